The molecule has 0 heterocycles. The number of methoxy groups -OCH3 is 1. The van der Waals surface area contributed by atoms with E-state index in [0.29, 0.717) is 0 Å². The normalized spacial score (nSPS) is 31.8. The Hall–Kier alpha value is -0.610. The quantitative estimate of drug-likeness (QED) is 0.751. The van der Waals surface area contributed by atoms with Crippen molar-refractivity contribution in [2.45, 2.75) is 63.5 Å². The Labute approximate surface area is 116 Å². The number of ether oxygens (including phenoxy) is 2. The third-order valence-corrected chi connectivity index (χ3v) is 4.60. The molecule has 0 aliphatic heterocycles. The van der Waals surface area contributed by atoms with E-state index in [4.69, 9.17) is 9.47 Å². The summed E-state index contributed by atoms with van der Waals surface area (Å²) < 4.78 is 11.0. The average molecular weight is 269 g/mol. The number of hydrogen-bond donors (Lipinski definition) is 1. The van der Waals surface area contributed by atoms with Crippen LogP contribution in [0.25, 0.3) is 0 Å². The van der Waals surface area contributed by atoms with E-state index >= 15 is 0 Å². The molecule has 4 nitrogen and oxygen atoms in total. The Bertz CT molecular complexity index is 302. The van der Waals surface area contributed by atoms with Gasteiger partial charge in [-0.1, -0.05) is 19.8 Å². The standard InChI is InChI=1S/C15H27NO3/c1-3-16-15(14(17)18-2)9-8-13(10-15)19-11-12-6-4-5-7-12/h12-13,16H,3-11H2,1-2H3. The summed E-state index contributed by atoms with van der Waals surface area (Å²) >= 11 is 0. The minimum Gasteiger partial charge on any atom is -0.468 e. The molecular formula is C15H27NO3. The van der Waals surface area contributed by atoms with Crippen molar-refractivity contribution >= 4 is 5.97 Å². The maximum absolute atomic E-state index is 12.0. The average Bonchev–Trinajstić information content (AvgIpc) is 3.06. The zero-order chi connectivity index (χ0) is 13.7. The van der Waals surface area contributed by atoms with E-state index in [1.807, 2.05) is 6.92 Å². The minimum absolute atomic E-state index is 0.138. The predicted octanol–water partition coefficient (Wildman–Crippen LogP) is 2.27. The maximum Gasteiger partial charge on any atom is 0.326 e. The lowest BCUT2D eigenvalue weighted by Crippen LogP contribution is -2.51. The van der Waals surface area contributed by atoms with E-state index in [0.717, 1.165) is 38.3 Å². The second-order valence-electron chi connectivity index (χ2n) is 5.95. The van der Waals surface area contributed by atoms with E-state index in [-0.39, 0.29) is 12.1 Å². The highest BCUT2D eigenvalue weighted by molar-refractivity contribution is 5.81. The van der Waals surface area contributed by atoms with Crippen LogP contribution in [0.2, 0.25) is 0 Å². The van der Waals surface area contributed by atoms with Crippen LogP contribution in [-0.2, 0) is 14.3 Å². The Morgan fingerprint density at radius 1 is 1.32 bits per heavy atom. The first-order valence-corrected chi connectivity index (χ1v) is 7.65. The van der Waals surface area contributed by atoms with Gasteiger partial charge in [0.05, 0.1) is 13.2 Å². The molecule has 2 fully saturated rings. The van der Waals surface area contributed by atoms with Gasteiger partial charge < -0.3 is 14.8 Å². The molecule has 2 aliphatic carbocycles. The minimum atomic E-state index is -0.510. The summed E-state index contributed by atoms with van der Waals surface area (Å²) in [6, 6.07) is 0. The van der Waals surface area contributed by atoms with Crippen LogP contribution >= 0.6 is 0 Å². The molecule has 0 amide bonds. The topological polar surface area (TPSA) is 47.6 Å². The highest BCUT2D eigenvalue weighted by Crippen LogP contribution is 2.34. The summed E-state index contributed by atoms with van der Waals surface area (Å²) in [7, 11) is 1.47. The Morgan fingerprint density at radius 3 is 2.68 bits per heavy atom. The molecule has 0 aromatic carbocycles. The molecule has 0 bridgehead atoms. The van der Waals surface area contributed by atoms with Gasteiger partial charge in [0.2, 0.25) is 0 Å². The summed E-state index contributed by atoms with van der Waals surface area (Å²) in [6.07, 6.45) is 8.05. The van der Waals surface area contributed by atoms with Crippen molar-refractivity contribution in [3.63, 3.8) is 0 Å². The Kier molecular flexibility index (Phi) is 5.22. The number of likely N-dealkylation sites (N-methyl/N-ethyl adjacent to an activating group) is 1. The predicted molar refractivity (Wildman–Crippen MR) is 74.0 cm³/mol. The van der Waals surface area contributed by atoms with Crippen LogP contribution in [0.3, 0.4) is 0 Å². The molecule has 2 rings (SSSR count). The molecule has 0 aromatic rings. The van der Waals surface area contributed by atoms with Gasteiger partial charge in [-0.25, -0.2) is 0 Å². The van der Waals surface area contributed by atoms with E-state index in [2.05, 4.69) is 5.32 Å². The fraction of sp³-hybridized carbons (Fsp3) is 0.933. The van der Waals surface area contributed by atoms with Gasteiger partial charge in [0.25, 0.3) is 0 Å². The van der Waals surface area contributed by atoms with Gasteiger partial charge in [-0.15, -0.1) is 0 Å². The molecule has 19 heavy (non-hydrogen) atoms. The molecule has 0 saturated heterocycles. The fourth-order valence-corrected chi connectivity index (χ4v) is 3.54. The van der Waals surface area contributed by atoms with Crippen molar-refractivity contribution in [1.29, 1.82) is 0 Å². The summed E-state index contributed by atoms with van der Waals surface area (Å²) in [6.45, 7) is 3.68. The molecule has 0 radical (unpaired) electrons. The Balaban J connectivity index is 1.83. The molecule has 1 N–H and O–H groups in total. The van der Waals surface area contributed by atoms with Crippen LogP contribution in [-0.4, -0.2) is 37.9 Å². The van der Waals surface area contributed by atoms with Gasteiger partial charge in [-0.3, -0.25) is 4.79 Å². The van der Waals surface area contributed by atoms with Crippen LogP contribution in [0, 0.1) is 5.92 Å². The third-order valence-electron chi connectivity index (χ3n) is 4.60. The van der Waals surface area contributed by atoms with Crippen molar-refractivity contribution in [1.82, 2.24) is 5.32 Å². The first-order valence-electron chi connectivity index (χ1n) is 7.65. The molecule has 4 heteroatoms. The summed E-state index contributed by atoms with van der Waals surface area (Å²) in [4.78, 5) is 12.0. The Morgan fingerprint density at radius 2 is 2.05 bits per heavy atom. The largest absolute Gasteiger partial charge is 0.468 e. The number of hydrogen-bond acceptors (Lipinski definition) is 4. The molecule has 2 saturated carbocycles. The van der Waals surface area contributed by atoms with E-state index in [1.165, 1.54) is 32.8 Å². The second kappa shape index (κ2) is 6.71. The summed E-state index contributed by atoms with van der Waals surface area (Å²) in [5.74, 6) is 0.605. The van der Waals surface area contributed by atoms with Crippen molar-refractivity contribution in [3.8, 4) is 0 Å². The smallest absolute Gasteiger partial charge is 0.326 e. The maximum atomic E-state index is 12.0. The molecule has 0 spiro atoms. The lowest BCUT2D eigenvalue weighted by Gasteiger charge is -2.27. The molecule has 0 aromatic heterocycles. The number of nitrogens with one attached hydrogen (secondary N) is 1. The highest BCUT2D eigenvalue weighted by Gasteiger charge is 2.46. The summed E-state index contributed by atoms with van der Waals surface area (Å²) in [5.41, 5.74) is -0.510. The highest BCUT2D eigenvalue weighted by atomic mass is 16.5. The van der Waals surface area contributed by atoms with Crippen LogP contribution in [0.15, 0.2) is 0 Å². The van der Waals surface area contributed by atoms with Crippen LogP contribution in [0.1, 0.15) is 51.9 Å². The van der Waals surface area contributed by atoms with Gasteiger partial charge >= 0.3 is 5.97 Å². The number of rotatable bonds is 6. The SMILES string of the molecule is CCNC1(C(=O)OC)CCC(OCC2CCCC2)C1. The molecule has 2 atom stereocenters. The van der Waals surface area contributed by atoms with E-state index < -0.39 is 5.54 Å². The van der Waals surface area contributed by atoms with Gasteiger partial charge in [0, 0.05) is 13.0 Å². The van der Waals surface area contributed by atoms with Gasteiger partial charge in [-0.05, 0) is 38.1 Å². The third kappa shape index (κ3) is 3.48. The molecule has 110 valence electrons. The van der Waals surface area contributed by atoms with Crippen molar-refractivity contribution in [2.75, 3.05) is 20.3 Å². The first-order chi connectivity index (χ1) is 9.20. The van der Waals surface area contributed by atoms with E-state index in [1.54, 1.807) is 0 Å². The molecule has 2 aliphatic rings. The zero-order valence-electron chi connectivity index (χ0n) is 12.2. The van der Waals surface area contributed by atoms with Crippen molar-refractivity contribution in [2.24, 2.45) is 5.92 Å². The second-order valence-corrected chi connectivity index (χ2v) is 5.95. The lowest BCUT2D eigenvalue weighted by atomic mass is 9.97. The number of carbonyl (C=O) groups excluding carboxylic acids is 1. The zero-order valence-corrected chi connectivity index (χ0v) is 12.2. The van der Waals surface area contributed by atoms with E-state index in [9.17, 15) is 4.79 Å². The lowest BCUT2D eigenvalue weighted by molar-refractivity contribution is -0.148. The van der Waals surface area contributed by atoms with Gasteiger partial charge in [0.1, 0.15) is 5.54 Å². The monoisotopic (exact) mass is 269 g/mol. The van der Waals surface area contributed by atoms with Crippen LogP contribution in [0.4, 0.5) is 0 Å². The molecular weight excluding hydrogens is 242 g/mol. The van der Waals surface area contributed by atoms with Crippen LogP contribution in [0.5, 0.6) is 0 Å². The van der Waals surface area contributed by atoms with Gasteiger partial charge in [0.15, 0.2) is 0 Å². The van der Waals surface area contributed by atoms with Crippen LogP contribution < -0.4 is 5.32 Å². The summed E-state index contributed by atoms with van der Waals surface area (Å²) in [5, 5.41) is 3.31. The molecule has 2 unspecified atom stereocenters. The van der Waals surface area contributed by atoms with Gasteiger partial charge in [-0.2, -0.15) is 0 Å². The van der Waals surface area contributed by atoms with Crippen molar-refractivity contribution < 1.29 is 14.3 Å². The fourth-order valence-electron chi connectivity index (χ4n) is 3.54. The first kappa shape index (κ1) is 14.8. The van der Waals surface area contributed by atoms with Crippen molar-refractivity contribution in [3.05, 3.63) is 0 Å². The number of carbonyl (C=O) groups is 1. The number of esters is 1.